The molecule has 17 heavy (non-hydrogen) atoms. The largest absolute Gasteiger partial charge is 2.00 e. The van der Waals surface area contributed by atoms with Crippen LogP contribution in [0.2, 0.25) is 0 Å². The van der Waals surface area contributed by atoms with Gasteiger partial charge in [-0.05, 0) is 12.8 Å². The molecule has 0 spiro atoms. The number of hydrogen-bond donors (Lipinski definition) is 0. The second kappa shape index (κ2) is 23.9. The minimum atomic E-state index is -0.500. The number of carbonyl (C=O) groups is 2. The Morgan fingerprint density at radius 3 is 0.941 bits per heavy atom. The molecule has 4 nitrogen and oxygen atoms in total. The topological polar surface area (TPSA) is 80.3 Å². The first kappa shape index (κ1) is 20.8. The Labute approximate surface area is 112 Å². The first-order valence-corrected chi connectivity index (χ1v) is 4.58. The Morgan fingerprint density at radius 2 is 0.882 bits per heavy atom. The third-order valence-electron chi connectivity index (χ3n) is 1.31. The van der Waals surface area contributed by atoms with E-state index in [1.54, 1.807) is 0 Å². The Balaban J connectivity index is -0.000000157. The molecule has 0 aliphatic heterocycles. The molecule has 0 aromatic heterocycles. The second-order valence-corrected chi connectivity index (χ2v) is 2.38. The van der Waals surface area contributed by atoms with Crippen molar-refractivity contribution in [3.8, 4) is 0 Å². The van der Waals surface area contributed by atoms with Crippen molar-refractivity contribution in [3.63, 3.8) is 0 Å². The molecule has 0 aromatic rings. The molecule has 5 heteroatoms. The van der Waals surface area contributed by atoms with Crippen LogP contribution < -0.4 is 10.2 Å². The first-order valence-electron chi connectivity index (χ1n) is 4.58. The average Bonchev–Trinajstić information content (AvgIpc) is 3.00. The van der Waals surface area contributed by atoms with E-state index in [0.717, 1.165) is 12.8 Å². The summed E-state index contributed by atoms with van der Waals surface area (Å²) in [5.41, 5.74) is 0. The van der Waals surface area contributed by atoms with Gasteiger partial charge in [-0.2, -0.15) is 0 Å². The normalized spacial score (nSPS) is 11.8. The zero-order valence-corrected chi connectivity index (χ0v) is 10.4. The van der Waals surface area contributed by atoms with Crippen molar-refractivity contribution >= 4 is 12.9 Å². The number of allylic oxidation sites excluding steroid dienone is 8. The molecule has 0 unspecified atom stereocenters. The van der Waals surface area contributed by atoms with E-state index in [2.05, 4.69) is 48.6 Å². The van der Waals surface area contributed by atoms with Gasteiger partial charge < -0.3 is 19.8 Å². The standard InChI is InChI=1S/2C5H6.2CH2O2.Mn/c2*1-2-4-5-3-1;2*2-1-3;/h2*1-4H,5H2;2*1H,(H,2,3);/q;;;;+2/p-2. The van der Waals surface area contributed by atoms with Gasteiger partial charge in [0, 0.05) is 12.9 Å². The van der Waals surface area contributed by atoms with Crippen molar-refractivity contribution in [1.29, 1.82) is 0 Å². The Bertz CT molecular complexity index is 220. The Kier molecular flexibility index (Phi) is 29.2. The van der Waals surface area contributed by atoms with E-state index in [-0.39, 0.29) is 17.1 Å². The molecule has 2 rings (SSSR count). The summed E-state index contributed by atoms with van der Waals surface area (Å²) in [5, 5.41) is 16.5. The van der Waals surface area contributed by atoms with Gasteiger partial charge in [0.05, 0.1) is 0 Å². The van der Waals surface area contributed by atoms with Crippen LogP contribution in [0.3, 0.4) is 0 Å². The summed E-state index contributed by atoms with van der Waals surface area (Å²) in [6.07, 6.45) is 19.0. The predicted molar refractivity (Wildman–Crippen MR) is 57.9 cm³/mol. The van der Waals surface area contributed by atoms with Gasteiger partial charge in [0.15, 0.2) is 0 Å². The smallest absolute Gasteiger partial charge is 0.554 e. The molecule has 1 radical (unpaired) electrons. The van der Waals surface area contributed by atoms with Crippen LogP contribution in [-0.2, 0) is 26.7 Å². The van der Waals surface area contributed by atoms with Gasteiger partial charge >= 0.3 is 17.1 Å². The van der Waals surface area contributed by atoms with Gasteiger partial charge in [-0.15, -0.1) is 0 Å². The minimum Gasteiger partial charge on any atom is -0.554 e. The summed E-state index contributed by atoms with van der Waals surface area (Å²) < 4.78 is 0. The summed E-state index contributed by atoms with van der Waals surface area (Å²) in [7, 11) is 0. The molecule has 0 aromatic carbocycles. The first-order chi connectivity index (χ1) is 7.83. The fraction of sp³-hybridized carbons (Fsp3) is 0.167. The molecule has 0 saturated heterocycles. The zero-order valence-electron chi connectivity index (χ0n) is 9.20. The van der Waals surface area contributed by atoms with E-state index < -0.39 is 12.9 Å². The maximum atomic E-state index is 8.25. The summed E-state index contributed by atoms with van der Waals surface area (Å²) >= 11 is 0. The monoisotopic (exact) mass is 277 g/mol. The third-order valence-corrected chi connectivity index (χ3v) is 1.31. The van der Waals surface area contributed by atoms with Crippen molar-refractivity contribution in [2.45, 2.75) is 12.8 Å². The minimum absolute atomic E-state index is 0. The SMILES string of the molecule is C1=CCC=C1.C1=CCC=C1.O=C[O-].O=C[O-].[Mn+2]. The molecule has 2 aliphatic carbocycles. The van der Waals surface area contributed by atoms with Crippen LogP contribution in [0.25, 0.3) is 0 Å². The van der Waals surface area contributed by atoms with Gasteiger partial charge in [-0.25, -0.2) is 0 Å². The van der Waals surface area contributed by atoms with Crippen LogP contribution in [0, 0.1) is 0 Å². The van der Waals surface area contributed by atoms with Crippen LogP contribution in [0.15, 0.2) is 48.6 Å². The quantitative estimate of drug-likeness (QED) is 0.451. The molecular weight excluding hydrogens is 263 g/mol. The third kappa shape index (κ3) is 31.4. The predicted octanol–water partition coefficient (Wildman–Crippen LogP) is -0.265. The molecule has 0 atom stereocenters. The summed E-state index contributed by atoms with van der Waals surface area (Å²) in [5.74, 6) is 0. The molecule has 0 amide bonds. The maximum absolute atomic E-state index is 8.25. The molecule has 0 N–H and O–H groups in total. The van der Waals surface area contributed by atoms with E-state index in [1.165, 1.54) is 0 Å². The molecular formula is C12H14MnO4. The van der Waals surface area contributed by atoms with E-state index in [9.17, 15) is 0 Å². The van der Waals surface area contributed by atoms with Crippen molar-refractivity contribution in [3.05, 3.63) is 48.6 Å². The van der Waals surface area contributed by atoms with Gasteiger partial charge in [-0.1, -0.05) is 48.6 Å². The summed E-state index contributed by atoms with van der Waals surface area (Å²) in [6.45, 7) is -1.00. The van der Waals surface area contributed by atoms with E-state index in [4.69, 9.17) is 19.8 Å². The Morgan fingerprint density at radius 1 is 0.706 bits per heavy atom. The molecule has 0 heterocycles. The maximum Gasteiger partial charge on any atom is 2.00 e. The van der Waals surface area contributed by atoms with Gasteiger partial charge in [0.2, 0.25) is 0 Å². The van der Waals surface area contributed by atoms with Gasteiger partial charge in [0.25, 0.3) is 0 Å². The van der Waals surface area contributed by atoms with E-state index in [1.807, 2.05) is 0 Å². The average molecular weight is 277 g/mol. The molecule has 0 saturated carbocycles. The molecule has 0 bridgehead atoms. The van der Waals surface area contributed by atoms with Crippen LogP contribution >= 0.6 is 0 Å². The van der Waals surface area contributed by atoms with Gasteiger partial charge in [0.1, 0.15) is 0 Å². The number of hydrogen-bond acceptors (Lipinski definition) is 4. The number of carbonyl (C=O) groups excluding carboxylic acids is 2. The van der Waals surface area contributed by atoms with Crippen molar-refractivity contribution < 1.29 is 36.9 Å². The fourth-order valence-electron chi connectivity index (χ4n) is 0.786. The van der Waals surface area contributed by atoms with Crippen LogP contribution in [-0.4, -0.2) is 12.9 Å². The van der Waals surface area contributed by atoms with Gasteiger partial charge in [-0.3, -0.25) is 0 Å². The van der Waals surface area contributed by atoms with Crippen molar-refractivity contribution in [1.82, 2.24) is 0 Å². The zero-order chi connectivity index (χ0) is 12.5. The fourth-order valence-corrected chi connectivity index (χ4v) is 0.786. The summed E-state index contributed by atoms with van der Waals surface area (Å²) in [6, 6.07) is 0. The van der Waals surface area contributed by atoms with Crippen molar-refractivity contribution in [2.24, 2.45) is 0 Å². The van der Waals surface area contributed by atoms with E-state index in [0.29, 0.717) is 0 Å². The van der Waals surface area contributed by atoms with Crippen LogP contribution in [0.4, 0.5) is 0 Å². The van der Waals surface area contributed by atoms with Crippen LogP contribution in [0.1, 0.15) is 12.8 Å². The molecule has 2 aliphatic rings. The number of rotatable bonds is 0. The molecule has 93 valence electrons. The second-order valence-electron chi connectivity index (χ2n) is 2.38. The molecule has 0 fully saturated rings. The Hall–Kier alpha value is -1.58. The van der Waals surface area contributed by atoms with E-state index >= 15 is 0 Å². The number of carboxylic acid groups (broad SMARTS) is 2. The van der Waals surface area contributed by atoms with Crippen molar-refractivity contribution in [2.75, 3.05) is 0 Å². The summed E-state index contributed by atoms with van der Waals surface area (Å²) in [4.78, 5) is 16.5. The van der Waals surface area contributed by atoms with Crippen LogP contribution in [0.5, 0.6) is 0 Å².